The van der Waals surface area contributed by atoms with E-state index in [4.69, 9.17) is 16.3 Å². The maximum Gasteiger partial charge on any atom is 0.318 e. The van der Waals surface area contributed by atoms with E-state index >= 15 is 0 Å². The number of carbonyl (C=O) groups excluding carboxylic acids is 1. The van der Waals surface area contributed by atoms with Crippen LogP contribution in [0.1, 0.15) is 38.3 Å². The molecule has 2 aromatic rings. The first-order chi connectivity index (χ1) is 10.7. The Bertz CT molecular complexity index is 654. The maximum atomic E-state index is 12.6. The van der Waals surface area contributed by atoms with E-state index < -0.39 is 5.41 Å². The van der Waals surface area contributed by atoms with E-state index in [-0.39, 0.29) is 5.97 Å². The van der Waals surface area contributed by atoms with Gasteiger partial charge in [-0.3, -0.25) is 4.79 Å². The van der Waals surface area contributed by atoms with Gasteiger partial charge in [0.05, 0.1) is 6.61 Å². The molecule has 1 fully saturated rings. The molecular formula is C18H20ClNO2. The van der Waals surface area contributed by atoms with Gasteiger partial charge in [0.15, 0.2) is 0 Å². The van der Waals surface area contributed by atoms with E-state index in [9.17, 15) is 4.79 Å². The van der Waals surface area contributed by atoms with Crippen molar-refractivity contribution in [2.45, 2.75) is 38.0 Å². The van der Waals surface area contributed by atoms with Crippen molar-refractivity contribution in [2.24, 2.45) is 0 Å². The van der Waals surface area contributed by atoms with E-state index in [1.165, 1.54) is 0 Å². The predicted molar refractivity (Wildman–Crippen MR) is 88.0 cm³/mol. The Balaban J connectivity index is 2.05. The van der Waals surface area contributed by atoms with E-state index in [1.54, 1.807) is 0 Å². The van der Waals surface area contributed by atoms with Crippen molar-refractivity contribution in [1.82, 2.24) is 4.98 Å². The summed E-state index contributed by atoms with van der Waals surface area (Å²) in [6, 6.07) is 9.75. The summed E-state index contributed by atoms with van der Waals surface area (Å²) in [5.74, 6) is -0.106. The molecule has 4 heteroatoms. The van der Waals surface area contributed by atoms with Crippen molar-refractivity contribution in [3.8, 4) is 11.1 Å². The number of hydrogen-bond acceptors (Lipinski definition) is 2. The second-order valence-electron chi connectivity index (χ2n) is 5.78. The zero-order chi connectivity index (χ0) is 15.6. The highest BCUT2D eigenvalue weighted by Gasteiger charge is 2.46. The van der Waals surface area contributed by atoms with Crippen LogP contribution in [-0.2, 0) is 14.9 Å². The molecule has 3 nitrogen and oxygen atoms in total. The van der Waals surface area contributed by atoms with Crippen molar-refractivity contribution in [3.63, 3.8) is 0 Å². The van der Waals surface area contributed by atoms with Crippen molar-refractivity contribution in [3.05, 3.63) is 47.2 Å². The second kappa shape index (κ2) is 6.17. The molecule has 1 aromatic carbocycles. The third-order valence-electron chi connectivity index (χ3n) is 4.50. The topological polar surface area (TPSA) is 42.1 Å². The lowest BCUT2D eigenvalue weighted by Gasteiger charge is -2.27. The summed E-state index contributed by atoms with van der Waals surface area (Å²) in [5, 5.41) is 0.710. The zero-order valence-electron chi connectivity index (χ0n) is 12.7. The van der Waals surface area contributed by atoms with Crippen LogP contribution < -0.4 is 0 Å². The molecule has 1 saturated carbocycles. The van der Waals surface area contributed by atoms with Crippen LogP contribution in [0.4, 0.5) is 0 Å². The summed E-state index contributed by atoms with van der Waals surface area (Å²) >= 11 is 5.98. The Morgan fingerprint density at radius 1 is 1.23 bits per heavy atom. The Morgan fingerprint density at radius 3 is 2.55 bits per heavy atom. The fraction of sp³-hybridized carbons (Fsp3) is 0.389. The van der Waals surface area contributed by atoms with Gasteiger partial charge in [0.1, 0.15) is 5.41 Å². The number of ether oxygens (including phenoxy) is 1. The van der Waals surface area contributed by atoms with Crippen LogP contribution >= 0.6 is 11.6 Å². The Hall–Kier alpha value is -1.74. The normalized spacial score (nSPS) is 16.6. The number of aromatic amines is 1. The average molecular weight is 318 g/mol. The van der Waals surface area contributed by atoms with Gasteiger partial charge in [0.25, 0.3) is 0 Å². The number of halogens is 1. The standard InChI is InChI=1S/C18H20ClNO2/c1-2-22-17(21)18(10-3-4-11-18)16-15(9-12-20-16)13-5-7-14(19)8-6-13/h5-9,12,20H,2-4,10-11H2,1H3. The first-order valence-corrected chi connectivity index (χ1v) is 8.16. The van der Waals surface area contributed by atoms with E-state index in [0.717, 1.165) is 42.5 Å². The molecular weight excluding hydrogens is 298 g/mol. The summed E-state index contributed by atoms with van der Waals surface area (Å²) < 4.78 is 5.38. The summed E-state index contributed by atoms with van der Waals surface area (Å²) in [6.07, 6.45) is 5.69. The average Bonchev–Trinajstić information content (AvgIpc) is 3.18. The number of H-pyrrole nitrogens is 1. The molecule has 22 heavy (non-hydrogen) atoms. The molecule has 1 N–H and O–H groups in total. The number of nitrogens with one attached hydrogen (secondary N) is 1. The monoisotopic (exact) mass is 317 g/mol. The minimum Gasteiger partial charge on any atom is -0.465 e. The smallest absolute Gasteiger partial charge is 0.318 e. The van der Waals surface area contributed by atoms with Gasteiger partial charge in [-0.15, -0.1) is 0 Å². The highest BCUT2D eigenvalue weighted by molar-refractivity contribution is 6.30. The van der Waals surface area contributed by atoms with Gasteiger partial charge in [0.2, 0.25) is 0 Å². The van der Waals surface area contributed by atoms with Gasteiger partial charge >= 0.3 is 5.97 Å². The van der Waals surface area contributed by atoms with Gasteiger partial charge in [-0.1, -0.05) is 36.6 Å². The van der Waals surface area contributed by atoms with Gasteiger partial charge < -0.3 is 9.72 Å². The lowest BCUT2D eigenvalue weighted by atomic mass is 9.80. The lowest BCUT2D eigenvalue weighted by molar-refractivity contribution is -0.150. The molecule has 1 heterocycles. The molecule has 1 aliphatic rings. The summed E-state index contributed by atoms with van der Waals surface area (Å²) in [4.78, 5) is 15.9. The molecule has 0 bridgehead atoms. The molecule has 0 saturated heterocycles. The number of carbonyl (C=O) groups is 1. The van der Waals surface area contributed by atoms with Crippen molar-refractivity contribution >= 4 is 17.6 Å². The van der Waals surface area contributed by atoms with Crippen LogP contribution in [0.25, 0.3) is 11.1 Å². The van der Waals surface area contributed by atoms with E-state index in [0.29, 0.717) is 11.6 Å². The second-order valence-corrected chi connectivity index (χ2v) is 6.22. The van der Waals surface area contributed by atoms with Gasteiger partial charge in [0, 0.05) is 22.5 Å². The zero-order valence-corrected chi connectivity index (χ0v) is 13.5. The minimum atomic E-state index is -0.533. The van der Waals surface area contributed by atoms with Crippen LogP contribution in [0.3, 0.4) is 0 Å². The molecule has 0 radical (unpaired) electrons. The molecule has 0 spiro atoms. The number of benzene rings is 1. The summed E-state index contributed by atoms with van der Waals surface area (Å²) in [7, 11) is 0. The molecule has 0 amide bonds. The number of aromatic nitrogens is 1. The highest BCUT2D eigenvalue weighted by atomic mass is 35.5. The highest BCUT2D eigenvalue weighted by Crippen LogP contribution is 2.45. The van der Waals surface area contributed by atoms with Crippen LogP contribution in [0.5, 0.6) is 0 Å². The van der Waals surface area contributed by atoms with Gasteiger partial charge in [-0.05, 0) is 43.5 Å². The molecule has 0 unspecified atom stereocenters. The SMILES string of the molecule is CCOC(=O)C1(c2[nH]ccc2-c2ccc(Cl)cc2)CCCC1. The molecule has 116 valence electrons. The number of rotatable bonds is 4. The summed E-state index contributed by atoms with van der Waals surface area (Å²) in [5.41, 5.74) is 2.57. The Kier molecular flexibility index (Phi) is 4.25. The fourth-order valence-electron chi connectivity index (χ4n) is 3.44. The van der Waals surface area contributed by atoms with Crippen LogP contribution in [0, 0.1) is 0 Å². The molecule has 0 aliphatic heterocycles. The first-order valence-electron chi connectivity index (χ1n) is 7.78. The van der Waals surface area contributed by atoms with Crippen molar-refractivity contribution in [1.29, 1.82) is 0 Å². The predicted octanol–water partition coefficient (Wildman–Crippen LogP) is 4.71. The molecule has 1 aliphatic carbocycles. The van der Waals surface area contributed by atoms with Crippen LogP contribution in [-0.4, -0.2) is 17.6 Å². The van der Waals surface area contributed by atoms with Crippen molar-refractivity contribution in [2.75, 3.05) is 6.61 Å². The van der Waals surface area contributed by atoms with Gasteiger partial charge in [-0.2, -0.15) is 0 Å². The third-order valence-corrected chi connectivity index (χ3v) is 4.76. The minimum absolute atomic E-state index is 0.106. The first kappa shape index (κ1) is 15.2. The van der Waals surface area contributed by atoms with Crippen LogP contribution in [0.15, 0.2) is 36.5 Å². The van der Waals surface area contributed by atoms with E-state index in [1.807, 2.05) is 43.5 Å². The number of hydrogen-bond donors (Lipinski definition) is 1. The Labute approximate surface area is 135 Å². The fourth-order valence-corrected chi connectivity index (χ4v) is 3.57. The maximum absolute atomic E-state index is 12.6. The molecule has 1 aromatic heterocycles. The largest absolute Gasteiger partial charge is 0.465 e. The number of esters is 1. The lowest BCUT2D eigenvalue weighted by Crippen LogP contribution is -2.35. The molecule has 3 rings (SSSR count). The Morgan fingerprint density at radius 2 is 1.91 bits per heavy atom. The molecule has 0 atom stereocenters. The summed E-state index contributed by atoms with van der Waals surface area (Å²) in [6.45, 7) is 2.27. The van der Waals surface area contributed by atoms with Gasteiger partial charge in [-0.25, -0.2) is 0 Å². The quantitative estimate of drug-likeness (QED) is 0.830. The third kappa shape index (κ3) is 2.54. The van der Waals surface area contributed by atoms with E-state index in [2.05, 4.69) is 4.98 Å². The van der Waals surface area contributed by atoms with Crippen molar-refractivity contribution < 1.29 is 9.53 Å². The van der Waals surface area contributed by atoms with Crippen LogP contribution in [0.2, 0.25) is 5.02 Å².